The number of carbonyl (C=O) groups is 9. The number of nitrogens with zero attached hydrogens (tertiary/aromatic N) is 1. The Hall–Kier alpha value is -7.18. The summed E-state index contributed by atoms with van der Waals surface area (Å²) in [6, 6.07) is 2.24. The molecule has 0 unspecified atom stereocenters. The minimum absolute atomic E-state index is 0.000379. The highest BCUT2D eigenvalue weighted by atomic mass is 32.3. The van der Waals surface area contributed by atoms with Crippen molar-refractivity contribution in [3.05, 3.63) is 42.0 Å². The van der Waals surface area contributed by atoms with Crippen LogP contribution >= 0.6 is 0 Å². The molecule has 1 aromatic rings. The molecule has 0 spiro atoms. The summed E-state index contributed by atoms with van der Waals surface area (Å²) in [5.74, 6) is -4.80. The van der Waals surface area contributed by atoms with Gasteiger partial charge in [0.1, 0.15) is 36.4 Å². The van der Waals surface area contributed by atoms with Crippen molar-refractivity contribution in [2.45, 2.75) is 191 Å². The van der Waals surface area contributed by atoms with Gasteiger partial charge in [-0.1, -0.05) is 32.4 Å². The fourth-order valence-electron chi connectivity index (χ4n) is 12.9. The predicted molar refractivity (Wildman–Crippen MR) is 521 cm³/mol. The molecule has 0 radical (unpaired) electrons. The van der Waals surface area contributed by atoms with Gasteiger partial charge in [-0.15, -0.1) is 0 Å². The number of anilines is 1. The lowest BCUT2D eigenvalue weighted by Crippen LogP contribution is -2.57. The first-order valence-corrected chi connectivity index (χ1v) is 55.6. The maximum Gasteiger partial charge on any atom is 0.397 e. The van der Waals surface area contributed by atoms with Crippen LogP contribution in [0.15, 0.2) is 36.4 Å². The van der Waals surface area contributed by atoms with Gasteiger partial charge in [-0.05, 0) is 133 Å². The highest BCUT2D eigenvalue weighted by Gasteiger charge is 2.42. The number of benzene rings is 1. The molecule has 1 heterocycles. The Morgan fingerprint density at radius 3 is 1.14 bits per heavy atom. The number of carbonyl (C=O) groups excluding carboxylic acids is 9. The monoisotopic (exact) mass is 2240 g/mol. The number of aliphatic hydroxyl groups excluding tert-OH is 1. The molecule has 2 rings (SSSR count). The van der Waals surface area contributed by atoms with Crippen molar-refractivity contribution < 1.29 is 215 Å². The summed E-state index contributed by atoms with van der Waals surface area (Å²) in [7, 11) is -24.1. The van der Waals surface area contributed by atoms with Gasteiger partial charge in [-0.25, -0.2) is 25.7 Å². The number of ether oxygens (including phenoxy) is 17. The topological polar surface area (TPSA) is 762 Å². The highest BCUT2D eigenvalue weighted by Crippen LogP contribution is 2.24. The standard InChI is InChI=1S/C87H155N9O47S5/c1-69(2)79(85(104)94-73(20-18-30-91-87(88)106)83(102)92-71-24-22-70(67-97)23-25-71)95-84(103)72(93-76(99)21-4-3-7-32-96-77(100)26-27-78(96)101)19-5-6-29-89-75(98)28-43-122-45-47-124-49-51-126-53-55-128-57-59-130-61-63-132-65-66-133-64-62-131-60-58-129-56-54-127-52-50-125-48-46-123-44-31-90-86(105)82(138-37-12-17-42-143-148(119,120)121)81(137-36-11-16-41-142-147(116,117)118)80(136-35-10-15-40-141-146(113,114)115)74(135-34-9-14-39-140-145(110,111)112)68-134-33-8-13-38-139-144(107,108)109/h22-27,69,72-74,79-82,97H,3-21,28-68H2,1-2H3,(H,89,98)(H,90,105)(H,92,102)(H,93,99)(H,94,104)(H,95,103)(H3,88,91,106)(H,107,108,109)(H,110,111,112)(H,113,114,115)(H,116,117,118)(H,119,120,121)/t72-,73-,74+,79-,80+,81-,82+/m0/s1. The second-order valence-electron chi connectivity index (χ2n) is 32.6. The predicted octanol–water partition coefficient (Wildman–Crippen LogP) is -0.291. The normalized spacial score (nSPS) is 14.1. The quantitative estimate of drug-likeness (QED) is 0.0226. The molecular formula is C87H155N9O47S5. The highest BCUT2D eigenvalue weighted by molar-refractivity contribution is 7.81. The molecule has 860 valence electrons. The first kappa shape index (κ1) is 137. The number of unbranched alkanes of at least 4 members (excludes halogenated alkanes) is 8. The van der Waals surface area contributed by atoms with Gasteiger partial charge in [0.15, 0.2) is 6.10 Å². The molecule has 0 fully saturated rings. The van der Waals surface area contributed by atoms with E-state index >= 15 is 0 Å². The zero-order valence-electron chi connectivity index (χ0n) is 84.0. The molecule has 1 aliphatic rings. The summed E-state index contributed by atoms with van der Waals surface area (Å²) >= 11 is 0. The number of urea groups is 1. The molecule has 56 nitrogen and oxygen atoms in total. The summed E-state index contributed by atoms with van der Waals surface area (Å²) in [6.45, 7) is 6.00. The molecule has 0 bridgehead atoms. The lowest BCUT2D eigenvalue weighted by atomic mass is 10.0. The van der Waals surface area contributed by atoms with Crippen LogP contribution in [0.1, 0.15) is 148 Å². The van der Waals surface area contributed by atoms with Crippen LogP contribution in [0.4, 0.5) is 10.5 Å². The van der Waals surface area contributed by atoms with Crippen molar-refractivity contribution in [1.82, 2.24) is 36.8 Å². The van der Waals surface area contributed by atoms with Gasteiger partial charge in [0.2, 0.25) is 29.5 Å². The minimum atomic E-state index is -4.84. The molecule has 148 heavy (non-hydrogen) atoms. The third kappa shape index (κ3) is 79.8. The van der Waals surface area contributed by atoms with Crippen LogP contribution in [0.25, 0.3) is 0 Å². The van der Waals surface area contributed by atoms with Crippen molar-refractivity contribution in [3.8, 4) is 0 Å². The number of hydrogen-bond acceptors (Lipinski definition) is 42. The molecule has 7 atom stereocenters. The maximum atomic E-state index is 14.5. The fraction of sp³-hybridized carbons (Fsp3) is 0.805. The van der Waals surface area contributed by atoms with Gasteiger partial charge in [-0.3, -0.25) is 66.0 Å². The molecule has 1 aromatic carbocycles. The third-order valence-corrected chi connectivity index (χ3v) is 22.5. The Morgan fingerprint density at radius 2 is 0.716 bits per heavy atom. The van der Waals surface area contributed by atoms with E-state index in [2.05, 4.69) is 58.1 Å². The van der Waals surface area contributed by atoms with Crippen LogP contribution in [-0.4, -0.2) is 428 Å². The Labute approximate surface area is 865 Å². The number of hydrogen-bond donors (Lipinski definition) is 14. The number of amides is 10. The average Bonchev–Trinajstić information content (AvgIpc) is 1.07. The average molecular weight is 2240 g/mol. The minimum Gasteiger partial charge on any atom is -0.392 e. The summed E-state index contributed by atoms with van der Waals surface area (Å²) in [5.41, 5.74) is 6.22. The Kier molecular flexibility index (Phi) is 78.8. The first-order valence-electron chi connectivity index (χ1n) is 48.8. The Bertz CT molecular complexity index is 4380. The molecule has 10 amide bonds. The van der Waals surface area contributed by atoms with Crippen LogP contribution in [-0.2, 0) is 198 Å². The molecule has 0 aromatic heterocycles. The van der Waals surface area contributed by atoms with Crippen molar-refractivity contribution in [2.75, 3.05) is 263 Å². The van der Waals surface area contributed by atoms with Crippen LogP contribution in [0.2, 0.25) is 0 Å². The van der Waals surface area contributed by atoms with E-state index in [4.69, 9.17) is 109 Å². The van der Waals surface area contributed by atoms with Gasteiger partial charge >= 0.3 is 58.0 Å². The van der Waals surface area contributed by atoms with Crippen LogP contribution in [0.3, 0.4) is 0 Å². The van der Waals surface area contributed by atoms with Crippen molar-refractivity contribution in [3.63, 3.8) is 0 Å². The number of imide groups is 1. The largest absolute Gasteiger partial charge is 0.397 e. The number of aliphatic hydroxyl groups is 1. The van der Waals surface area contributed by atoms with E-state index < -0.39 is 187 Å². The van der Waals surface area contributed by atoms with Gasteiger partial charge in [0.25, 0.3) is 17.7 Å². The van der Waals surface area contributed by atoms with E-state index in [-0.39, 0.29) is 234 Å². The number of nitrogens with one attached hydrogen (secondary N) is 7. The Balaban J connectivity index is 1.67. The number of nitrogens with two attached hydrogens (primary N) is 1. The summed E-state index contributed by atoms with van der Waals surface area (Å²) in [5, 5.41) is 28.4. The molecular weight excluding hydrogens is 2080 g/mol. The Morgan fingerprint density at radius 1 is 0.338 bits per heavy atom. The van der Waals surface area contributed by atoms with E-state index in [0.717, 1.165) is 4.90 Å². The summed E-state index contributed by atoms with van der Waals surface area (Å²) in [4.78, 5) is 119. The lowest BCUT2D eigenvalue weighted by molar-refractivity contribution is -0.193. The lowest BCUT2D eigenvalue weighted by Gasteiger charge is -2.37. The summed E-state index contributed by atoms with van der Waals surface area (Å²) < 4.78 is 277. The molecule has 15 N–H and O–H groups in total. The number of primary amides is 1. The van der Waals surface area contributed by atoms with Gasteiger partial charge < -0.3 is 129 Å². The van der Waals surface area contributed by atoms with Crippen LogP contribution in [0, 0.1) is 5.92 Å². The van der Waals surface area contributed by atoms with Crippen molar-refractivity contribution in [1.29, 1.82) is 0 Å². The van der Waals surface area contributed by atoms with Crippen LogP contribution in [0.5, 0.6) is 0 Å². The van der Waals surface area contributed by atoms with Crippen molar-refractivity contribution >= 4 is 111 Å². The second kappa shape index (κ2) is 85.2. The number of rotatable bonds is 103. The maximum absolute atomic E-state index is 14.5. The molecule has 0 saturated carbocycles. The van der Waals surface area contributed by atoms with Gasteiger partial charge in [-0.2, -0.15) is 42.1 Å². The van der Waals surface area contributed by atoms with E-state index in [1.807, 2.05) is 0 Å². The molecule has 0 aliphatic carbocycles. The molecule has 61 heteroatoms. The fourth-order valence-corrected chi connectivity index (χ4v) is 14.5. The van der Waals surface area contributed by atoms with E-state index in [1.54, 1.807) is 38.1 Å². The van der Waals surface area contributed by atoms with Gasteiger partial charge in [0.05, 0.1) is 205 Å². The van der Waals surface area contributed by atoms with E-state index in [0.29, 0.717) is 136 Å². The summed E-state index contributed by atoms with van der Waals surface area (Å²) in [6.07, 6.45) is -0.790. The third-order valence-electron chi connectivity index (χ3n) is 20.2. The molecule has 0 saturated heterocycles. The SMILES string of the molecule is CC(C)[C@H](NC(=O)[C@H](CCCCNC(=O)CCOCCOCCOCCOCCOCCOCCOCCOCCOCCOCCOCCOCCNC(=O)[C@H](OCCCCOS(=O)(=O)O)[C@@H](OCCCCOS(=O)(=O)O)[C@H](OCCCCOS(=O)(=O)O)[C@@H](COCCCCOS(=O)(=O)O)OCCCCOS(=O)(=O)O)NC(=O)CCCCCN1C(=O)C=CC1=O)C(=O)N[C@@H](CCCNC(N)=O)C(=O)Nc1ccc(CO)cc1. The first-order chi connectivity index (χ1) is 70.7. The zero-order chi connectivity index (χ0) is 109. The van der Waals surface area contributed by atoms with E-state index in [1.165, 1.54) is 12.2 Å². The van der Waals surface area contributed by atoms with E-state index in [9.17, 15) is 90.3 Å². The van der Waals surface area contributed by atoms with Crippen molar-refractivity contribution in [2.24, 2.45) is 11.7 Å². The van der Waals surface area contributed by atoms with Gasteiger partial charge in [0, 0.05) is 89.9 Å². The smallest absolute Gasteiger partial charge is 0.392 e. The van der Waals surface area contributed by atoms with Crippen LogP contribution < -0.4 is 43.0 Å². The zero-order valence-corrected chi connectivity index (χ0v) is 88.1. The second-order valence-corrected chi connectivity index (χ2v) is 38.1. The molecule has 1 aliphatic heterocycles.